The third-order valence-corrected chi connectivity index (χ3v) is 5.91. The van der Waals surface area contributed by atoms with Crippen LogP contribution in [0, 0.1) is 17.1 Å². The second-order valence-corrected chi connectivity index (χ2v) is 8.16. The van der Waals surface area contributed by atoms with Gasteiger partial charge in [0.15, 0.2) is 11.5 Å². The molecule has 180 valence electrons. The Morgan fingerprint density at radius 2 is 1.83 bits per heavy atom. The van der Waals surface area contributed by atoms with Crippen LogP contribution in [0.1, 0.15) is 29.5 Å². The van der Waals surface area contributed by atoms with E-state index in [1.54, 1.807) is 18.2 Å². The van der Waals surface area contributed by atoms with Crippen LogP contribution in [0.5, 0.6) is 17.4 Å². The van der Waals surface area contributed by atoms with Crippen molar-refractivity contribution in [2.24, 2.45) is 5.73 Å². The maximum Gasteiger partial charge on any atom is 0.244 e. The molecule has 0 saturated heterocycles. The van der Waals surface area contributed by atoms with Crippen molar-refractivity contribution in [2.75, 3.05) is 6.61 Å². The first-order chi connectivity index (χ1) is 17.6. The highest BCUT2D eigenvalue weighted by Crippen LogP contribution is 2.47. The molecule has 7 nitrogen and oxygen atoms in total. The fourth-order valence-electron chi connectivity index (χ4n) is 4.24. The molecule has 3 aromatic carbocycles. The molecule has 1 aliphatic rings. The summed E-state index contributed by atoms with van der Waals surface area (Å²) < 4.78 is 30.8. The van der Waals surface area contributed by atoms with E-state index in [0.29, 0.717) is 24.0 Å². The lowest BCUT2D eigenvalue weighted by molar-refractivity contribution is 0.269. The molecular weight excluding hydrogens is 459 g/mol. The molecule has 8 heteroatoms. The molecule has 5 rings (SSSR count). The fraction of sp³-hybridized carbons (Fsp3) is 0.143. The van der Waals surface area contributed by atoms with Gasteiger partial charge in [-0.2, -0.15) is 5.26 Å². The average molecular weight is 483 g/mol. The topological polar surface area (TPSA) is 106 Å². The van der Waals surface area contributed by atoms with E-state index in [2.05, 4.69) is 16.3 Å². The maximum atomic E-state index is 13.2. The number of ether oxygens (including phenoxy) is 3. The lowest BCUT2D eigenvalue weighted by Gasteiger charge is -2.25. The minimum atomic E-state index is -0.530. The first-order valence-electron chi connectivity index (χ1n) is 11.4. The smallest absolute Gasteiger partial charge is 0.244 e. The number of nitrogens with zero attached hydrogens (tertiary/aromatic N) is 2. The zero-order valence-corrected chi connectivity index (χ0v) is 19.5. The van der Waals surface area contributed by atoms with Gasteiger partial charge in [0.05, 0.1) is 23.8 Å². The number of halogens is 1. The normalized spacial score (nSPS) is 14.5. The number of fused-ring (bicyclic) bond motifs is 1. The Labute approximate surface area is 207 Å². The standard InChI is InChI=1S/C28H23FN4O3/c1-2-34-23-14-19(10-13-22(23)35-16-17-8-11-20(29)12-9-17)24-21(15-30)27(31)36-28-25(24)26(32-33-28)18-6-4-3-5-7-18/h3-14,24H,2,16,31H2,1H3,(H,32,33)/t24-/m1/s1. The van der Waals surface area contributed by atoms with Crippen molar-refractivity contribution in [3.05, 3.63) is 107 Å². The molecule has 0 fully saturated rings. The summed E-state index contributed by atoms with van der Waals surface area (Å²) in [4.78, 5) is 0. The Morgan fingerprint density at radius 1 is 1.06 bits per heavy atom. The lowest BCUT2D eigenvalue weighted by atomic mass is 9.83. The number of nitrogens with one attached hydrogen (secondary N) is 1. The predicted octanol–water partition coefficient (Wildman–Crippen LogP) is 5.41. The van der Waals surface area contributed by atoms with Crippen molar-refractivity contribution < 1.29 is 18.6 Å². The van der Waals surface area contributed by atoms with Gasteiger partial charge >= 0.3 is 0 Å². The Kier molecular flexibility index (Phi) is 6.29. The Balaban J connectivity index is 1.55. The average Bonchev–Trinajstić information content (AvgIpc) is 3.32. The van der Waals surface area contributed by atoms with Gasteiger partial charge < -0.3 is 19.9 Å². The van der Waals surface area contributed by atoms with Gasteiger partial charge in [-0.3, -0.25) is 5.10 Å². The van der Waals surface area contributed by atoms with Crippen molar-refractivity contribution in [3.8, 4) is 34.7 Å². The molecule has 0 unspecified atom stereocenters. The van der Waals surface area contributed by atoms with Gasteiger partial charge in [-0.05, 0) is 47.9 Å². The summed E-state index contributed by atoms with van der Waals surface area (Å²) in [6, 6.07) is 23.5. The van der Waals surface area contributed by atoms with Crippen LogP contribution in [0.4, 0.5) is 4.39 Å². The summed E-state index contributed by atoms with van der Waals surface area (Å²) in [5.41, 5.74) is 10.4. The third kappa shape index (κ3) is 4.34. The van der Waals surface area contributed by atoms with Crippen LogP contribution in [-0.4, -0.2) is 16.8 Å². The van der Waals surface area contributed by atoms with E-state index < -0.39 is 5.92 Å². The highest BCUT2D eigenvalue weighted by molar-refractivity contribution is 5.71. The van der Waals surface area contributed by atoms with Crippen LogP contribution in [0.25, 0.3) is 11.3 Å². The quantitative estimate of drug-likeness (QED) is 0.365. The van der Waals surface area contributed by atoms with Gasteiger partial charge in [0, 0.05) is 0 Å². The van der Waals surface area contributed by atoms with Gasteiger partial charge in [0.1, 0.15) is 24.1 Å². The van der Waals surface area contributed by atoms with E-state index in [9.17, 15) is 9.65 Å². The molecule has 1 aromatic heterocycles. The van der Waals surface area contributed by atoms with Gasteiger partial charge in [-0.15, -0.1) is 5.10 Å². The molecule has 1 aliphatic heterocycles. The van der Waals surface area contributed by atoms with Crippen LogP contribution < -0.4 is 19.9 Å². The summed E-state index contributed by atoms with van der Waals surface area (Å²) >= 11 is 0. The molecule has 2 heterocycles. The third-order valence-electron chi connectivity index (χ3n) is 5.91. The largest absolute Gasteiger partial charge is 0.490 e. The minimum absolute atomic E-state index is 0.00991. The number of nitriles is 1. The molecule has 36 heavy (non-hydrogen) atoms. The van der Waals surface area contributed by atoms with Crippen LogP contribution >= 0.6 is 0 Å². The number of H-pyrrole nitrogens is 1. The number of nitrogens with two attached hydrogens (primary N) is 1. The summed E-state index contributed by atoms with van der Waals surface area (Å²) in [7, 11) is 0. The lowest BCUT2D eigenvalue weighted by Crippen LogP contribution is -2.21. The molecule has 0 saturated carbocycles. The van der Waals surface area contributed by atoms with Crippen molar-refractivity contribution in [1.82, 2.24) is 10.2 Å². The summed E-state index contributed by atoms with van der Waals surface area (Å²) in [6.07, 6.45) is 0. The molecule has 4 aromatic rings. The molecule has 0 aliphatic carbocycles. The number of aromatic amines is 1. The van der Waals surface area contributed by atoms with E-state index in [4.69, 9.17) is 19.9 Å². The van der Waals surface area contributed by atoms with E-state index in [0.717, 1.165) is 27.9 Å². The molecule has 0 amide bonds. The first kappa shape index (κ1) is 23.0. The highest BCUT2D eigenvalue weighted by atomic mass is 19.1. The number of rotatable bonds is 7. The second-order valence-electron chi connectivity index (χ2n) is 8.16. The van der Waals surface area contributed by atoms with Crippen molar-refractivity contribution in [3.63, 3.8) is 0 Å². The summed E-state index contributed by atoms with van der Waals surface area (Å²) in [5.74, 6) is 0.552. The number of allylic oxidation sites excluding steroid dienone is 1. The fourth-order valence-corrected chi connectivity index (χ4v) is 4.24. The van der Waals surface area contributed by atoms with Gasteiger partial charge in [-0.1, -0.05) is 48.5 Å². The maximum absolute atomic E-state index is 13.2. The molecular formula is C28H23FN4O3. The molecule has 1 atom stereocenters. The number of hydrogen-bond acceptors (Lipinski definition) is 6. The number of benzene rings is 3. The zero-order valence-electron chi connectivity index (χ0n) is 19.5. The van der Waals surface area contributed by atoms with Crippen molar-refractivity contribution in [2.45, 2.75) is 19.4 Å². The predicted molar refractivity (Wildman–Crippen MR) is 132 cm³/mol. The van der Waals surface area contributed by atoms with Crippen molar-refractivity contribution in [1.29, 1.82) is 5.26 Å². The Bertz CT molecular complexity index is 1460. The first-order valence-corrected chi connectivity index (χ1v) is 11.4. The summed E-state index contributed by atoms with van der Waals surface area (Å²) in [5, 5.41) is 17.4. The highest BCUT2D eigenvalue weighted by Gasteiger charge is 2.36. The summed E-state index contributed by atoms with van der Waals surface area (Å²) in [6.45, 7) is 2.54. The number of aromatic nitrogens is 2. The van der Waals surface area contributed by atoms with Gasteiger partial charge in [-0.25, -0.2) is 4.39 Å². The molecule has 3 N–H and O–H groups in total. The van der Waals surface area contributed by atoms with E-state index in [1.165, 1.54) is 12.1 Å². The van der Waals surface area contributed by atoms with E-state index in [1.807, 2.05) is 49.4 Å². The molecule has 0 bridgehead atoms. The molecule has 0 radical (unpaired) electrons. The second kappa shape index (κ2) is 9.84. The van der Waals surface area contributed by atoms with Gasteiger partial charge in [0.2, 0.25) is 11.8 Å². The number of hydrogen-bond donors (Lipinski definition) is 2. The van der Waals surface area contributed by atoms with Crippen molar-refractivity contribution >= 4 is 0 Å². The molecule has 0 spiro atoms. The van der Waals surface area contributed by atoms with E-state index >= 15 is 0 Å². The monoisotopic (exact) mass is 482 g/mol. The van der Waals surface area contributed by atoms with Gasteiger partial charge in [0.25, 0.3) is 0 Å². The van der Waals surface area contributed by atoms with E-state index in [-0.39, 0.29) is 23.9 Å². The van der Waals surface area contributed by atoms with Crippen LogP contribution in [0.2, 0.25) is 0 Å². The van der Waals surface area contributed by atoms with Crippen LogP contribution in [0.3, 0.4) is 0 Å². The zero-order chi connectivity index (χ0) is 25.1. The van der Waals surface area contributed by atoms with Crippen LogP contribution in [0.15, 0.2) is 84.3 Å². The van der Waals surface area contributed by atoms with Crippen LogP contribution in [-0.2, 0) is 6.61 Å². The Morgan fingerprint density at radius 3 is 2.56 bits per heavy atom. The SMILES string of the molecule is CCOc1cc([C@@H]2C(C#N)=C(N)Oc3n[nH]c(-c4ccccc4)c32)ccc1OCc1ccc(F)cc1. The minimum Gasteiger partial charge on any atom is -0.490 e. The Hall–Kier alpha value is -4.77.